The summed E-state index contributed by atoms with van der Waals surface area (Å²) in [5.74, 6) is -1.10. The van der Waals surface area contributed by atoms with Crippen molar-refractivity contribution in [2.45, 2.75) is 24.3 Å². The summed E-state index contributed by atoms with van der Waals surface area (Å²) in [6, 6.07) is 9.34. The van der Waals surface area contributed by atoms with Crippen molar-refractivity contribution in [3.8, 4) is 11.5 Å². The largest absolute Gasteiger partial charge is 0.495 e. The Kier molecular flexibility index (Phi) is 7.56. The zero-order valence-corrected chi connectivity index (χ0v) is 22.7. The van der Waals surface area contributed by atoms with Crippen LogP contribution in [0.2, 0.25) is 0 Å². The maximum absolute atomic E-state index is 14.2. The molecule has 1 fully saturated rings. The van der Waals surface area contributed by atoms with Gasteiger partial charge in [-0.3, -0.25) is 9.69 Å². The lowest BCUT2D eigenvalue weighted by Crippen LogP contribution is -2.44. The second-order valence-corrected chi connectivity index (χ2v) is 11.8. The van der Waals surface area contributed by atoms with Crippen molar-refractivity contribution in [1.29, 1.82) is 0 Å². The van der Waals surface area contributed by atoms with E-state index >= 15 is 0 Å². The number of nitrogens with zero attached hydrogens (tertiary/aromatic N) is 3. The Bertz CT molecular complexity index is 1560. The average molecular weight is 578 g/mol. The molecule has 4 aromatic rings. The van der Waals surface area contributed by atoms with E-state index in [1.54, 1.807) is 31.4 Å². The van der Waals surface area contributed by atoms with Gasteiger partial charge < -0.3 is 13.9 Å². The van der Waals surface area contributed by atoms with Crippen LogP contribution < -0.4 is 14.4 Å². The van der Waals surface area contributed by atoms with Gasteiger partial charge in [-0.15, -0.1) is 0 Å². The topological polar surface area (TPSA) is 102 Å². The Labute approximate surface area is 227 Å². The molecular weight excluding hydrogens is 552 g/mol. The lowest BCUT2D eigenvalue weighted by Gasteiger charge is -2.32. The van der Waals surface area contributed by atoms with Crippen LogP contribution in [0.4, 0.5) is 13.9 Å². The maximum atomic E-state index is 14.2. The van der Waals surface area contributed by atoms with E-state index in [0.29, 0.717) is 38.7 Å². The van der Waals surface area contributed by atoms with E-state index in [1.165, 1.54) is 29.6 Å². The highest BCUT2D eigenvalue weighted by Crippen LogP contribution is 2.41. The first-order chi connectivity index (χ1) is 18.7. The fourth-order valence-electron chi connectivity index (χ4n) is 4.57. The van der Waals surface area contributed by atoms with Crippen LogP contribution in [0.25, 0.3) is 10.2 Å². The van der Waals surface area contributed by atoms with Gasteiger partial charge in [0.05, 0.1) is 27.0 Å². The van der Waals surface area contributed by atoms with Gasteiger partial charge in [0, 0.05) is 25.1 Å². The van der Waals surface area contributed by atoms with Crippen LogP contribution in [-0.2, 0) is 21.4 Å². The Morgan fingerprint density at radius 1 is 1.13 bits per heavy atom. The number of piperidine rings is 1. The number of hydrogen-bond donors (Lipinski definition) is 0. The molecule has 0 bridgehead atoms. The number of rotatable bonds is 8. The number of aromatic nitrogens is 1. The summed E-state index contributed by atoms with van der Waals surface area (Å²) < 4.78 is 71.8. The first-order valence-corrected chi connectivity index (χ1v) is 14.3. The molecule has 206 valence electrons. The Balaban J connectivity index is 1.41. The van der Waals surface area contributed by atoms with Gasteiger partial charge in [-0.2, -0.15) is 4.31 Å². The summed E-state index contributed by atoms with van der Waals surface area (Å²) in [5.41, 5.74) is 0.552. The number of sulfonamides is 1. The van der Waals surface area contributed by atoms with Gasteiger partial charge in [-0.25, -0.2) is 22.2 Å². The van der Waals surface area contributed by atoms with E-state index in [0.717, 1.165) is 16.4 Å². The highest BCUT2D eigenvalue weighted by atomic mass is 32.2. The second-order valence-electron chi connectivity index (χ2n) is 8.90. The maximum Gasteiger partial charge on any atom is 0.245 e. The number of methoxy groups -OCH3 is 2. The predicted molar refractivity (Wildman–Crippen MR) is 140 cm³/mol. The quantitative estimate of drug-likeness (QED) is 0.296. The molecule has 1 aliphatic heterocycles. The van der Waals surface area contributed by atoms with Gasteiger partial charge in [0.15, 0.2) is 5.13 Å². The number of anilines is 1. The number of furan rings is 1. The average Bonchev–Trinajstić information content (AvgIpc) is 3.61. The first-order valence-electron chi connectivity index (χ1n) is 12.0. The third-order valence-electron chi connectivity index (χ3n) is 6.60. The number of carbonyl (C=O) groups excluding carboxylic acids is 1. The fraction of sp³-hybridized carbons (Fsp3) is 0.308. The van der Waals surface area contributed by atoms with Gasteiger partial charge in [0.25, 0.3) is 0 Å². The molecule has 0 N–H and O–H groups in total. The van der Waals surface area contributed by atoms with Crippen LogP contribution >= 0.6 is 11.3 Å². The Morgan fingerprint density at radius 3 is 2.49 bits per heavy atom. The van der Waals surface area contributed by atoms with Crippen LogP contribution in [0.5, 0.6) is 11.5 Å². The molecule has 1 amide bonds. The van der Waals surface area contributed by atoms with E-state index in [4.69, 9.17) is 18.9 Å². The van der Waals surface area contributed by atoms with Crippen LogP contribution in [0.3, 0.4) is 0 Å². The number of ether oxygens (including phenoxy) is 2. The van der Waals surface area contributed by atoms with Crippen LogP contribution in [-0.4, -0.2) is 50.9 Å². The van der Waals surface area contributed by atoms with Gasteiger partial charge >= 0.3 is 0 Å². The smallest absolute Gasteiger partial charge is 0.245 e. The number of halogens is 2. The van der Waals surface area contributed by atoms with Crippen molar-refractivity contribution in [1.82, 2.24) is 9.29 Å². The molecule has 39 heavy (non-hydrogen) atoms. The summed E-state index contributed by atoms with van der Waals surface area (Å²) in [7, 11) is -1.11. The van der Waals surface area contributed by atoms with Crippen LogP contribution in [0, 0.1) is 17.6 Å². The molecule has 2 aromatic carbocycles. The molecule has 0 aliphatic carbocycles. The summed E-state index contributed by atoms with van der Waals surface area (Å²) in [5, 5.41) is 0.414. The van der Waals surface area contributed by atoms with E-state index in [1.807, 2.05) is 0 Å². The number of benzene rings is 2. The first kappa shape index (κ1) is 27.0. The summed E-state index contributed by atoms with van der Waals surface area (Å²) >= 11 is 1.27. The summed E-state index contributed by atoms with van der Waals surface area (Å²) in [4.78, 5) is 19.5. The fourth-order valence-corrected chi connectivity index (χ4v) is 7.17. The SMILES string of the molecule is COc1ccc(OC)c2sc(N(Cc3ccco3)C(=O)C3CCN(S(=O)(=O)c4ccc(F)cc4F)CC3)nc12. The molecule has 0 spiro atoms. The van der Waals surface area contributed by atoms with Gasteiger partial charge in [0.1, 0.15) is 44.0 Å². The molecular formula is C26H25F2N3O6S2. The third-order valence-corrected chi connectivity index (χ3v) is 9.63. The van der Waals surface area contributed by atoms with Crippen molar-refractivity contribution in [2.75, 3.05) is 32.2 Å². The van der Waals surface area contributed by atoms with Crippen molar-refractivity contribution < 1.29 is 35.9 Å². The molecule has 9 nitrogen and oxygen atoms in total. The molecule has 0 unspecified atom stereocenters. The highest BCUT2D eigenvalue weighted by molar-refractivity contribution is 7.89. The van der Waals surface area contributed by atoms with E-state index in [-0.39, 0.29) is 38.4 Å². The molecule has 3 heterocycles. The van der Waals surface area contributed by atoms with E-state index < -0.39 is 32.5 Å². The lowest BCUT2D eigenvalue weighted by atomic mass is 9.96. The van der Waals surface area contributed by atoms with E-state index in [2.05, 4.69) is 0 Å². The molecule has 1 saturated heterocycles. The summed E-state index contributed by atoms with van der Waals surface area (Å²) in [6.07, 6.45) is 1.94. The minimum atomic E-state index is -4.19. The number of fused-ring (bicyclic) bond motifs is 1. The van der Waals surface area contributed by atoms with Gasteiger partial charge in [-0.1, -0.05) is 11.3 Å². The standard InChI is InChI=1S/C26H25F2N3O6S2/c1-35-20-6-7-21(36-2)24-23(20)29-26(38-24)31(15-18-4-3-13-37-18)25(32)16-9-11-30(12-10-16)39(33,34)22-8-5-17(27)14-19(22)28/h3-8,13-14,16H,9-12,15H2,1-2H3. The van der Waals surface area contributed by atoms with Gasteiger partial charge in [-0.05, 0) is 49.2 Å². The Morgan fingerprint density at radius 2 is 1.85 bits per heavy atom. The number of amides is 1. The van der Waals surface area contributed by atoms with Crippen LogP contribution in [0.15, 0.2) is 58.0 Å². The Hall–Kier alpha value is -3.55. The number of carbonyl (C=O) groups is 1. The van der Waals surface area contributed by atoms with Crippen molar-refractivity contribution in [3.63, 3.8) is 0 Å². The molecule has 0 radical (unpaired) electrons. The van der Waals surface area contributed by atoms with Crippen LogP contribution in [0.1, 0.15) is 18.6 Å². The number of hydrogen-bond acceptors (Lipinski definition) is 8. The van der Waals surface area contributed by atoms with E-state index in [9.17, 15) is 22.0 Å². The predicted octanol–water partition coefficient (Wildman–Crippen LogP) is 4.82. The van der Waals surface area contributed by atoms with Crippen molar-refractivity contribution in [2.24, 2.45) is 5.92 Å². The highest BCUT2D eigenvalue weighted by Gasteiger charge is 2.36. The molecule has 0 atom stereocenters. The molecule has 5 rings (SSSR count). The monoisotopic (exact) mass is 577 g/mol. The molecule has 13 heteroatoms. The zero-order chi connectivity index (χ0) is 27.7. The molecule has 1 aliphatic rings. The minimum Gasteiger partial charge on any atom is -0.495 e. The molecule has 0 saturated carbocycles. The van der Waals surface area contributed by atoms with Gasteiger partial charge in [0.2, 0.25) is 15.9 Å². The van der Waals surface area contributed by atoms with Crippen molar-refractivity contribution in [3.05, 3.63) is 66.1 Å². The minimum absolute atomic E-state index is 0.00559. The normalized spacial score (nSPS) is 15.0. The molecule has 2 aromatic heterocycles. The third kappa shape index (κ3) is 5.21. The second kappa shape index (κ2) is 10.9. The summed E-state index contributed by atoms with van der Waals surface area (Å²) in [6.45, 7) is 0.132. The zero-order valence-electron chi connectivity index (χ0n) is 21.1. The number of thiazole rings is 1. The lowest BCUT2D eigenvalue weighted by molar-refractivity contribution is -0.123. The van der Waals surface area contributed by atoms with Crippen molar-refractivity contribution >= 4 is 42.6 Å².